The van der Waals surface area contributed by atoms with E-state index in [1.807, 2.05) is 19.0 Å². The van der Waals surface area contributed by atoms with E-state index in [0.29, 0.717) is 23.6 Å². The summed E-state index contributed by atoms with van der Waals surface area (Å²) in [6.45, 7) is 0.759. The van der Waals surface area contributed by atoms with E-state index in [0.717, 1.165) is 0 Å². The molecule has 8 heteroatoms. The number of para-hydroxylation sites is 1. The number of Topliss-reactive ketones (excluding diaryl/α,β-unsaturated/α-hetero) is 1. The van der Waals surface area contributed by atoms with Gasteiger partial charge in [-0.15, -0.1) is 0 Å². The monoisotopic (exact) mass is 428 g/mol. The second-order valence-corrected chi connectivity index (χ2v) is 7.39. The highest BCUT2D eigenvalue weighted by Crippen LogP contribution is 2.45. The molecule has 2 aromatic rings. The van der Waals surface area contributed by atoms with Gasteiger partial charge in [0.1, 0.15) is 11.6 Å². The Bertz CT molecular complexity index is 1020. The van der Waals surface area contributed by atoms with Crippen molar-refractivity contribution in [3.05, 3.63) is 65.0 Å². The molecule has 1 aliphatic rings. The van der Waals surface area contributed by atoms with Crippen LogP contribution in [0.5, 0.6) is 11.5 Å². The molecule has 3 rings (SSSR count). The Hall–Kier alpha value is -3.39. The van der Waals surface area contributed by atoms with Gasteiger partial charge in [-0.25, -0.2) is 4.39 Å². The van der Waals surface area contributed by atoms with E-state index >= 15 is 0 Å². The van der Waals surface area contributed by atoms with Gasteiger partial charge in [-0.3, -0.25) is 9.59 Å². The molecule has 1 N–H and O–H groups in total. The van der Waals surface area contributed by atoms with Crippen LogP contribution < -0.4 is 9.47 Å². The number of methoxy groups -OCH3 is 2. The van der Waals surface area contributed by atoms with Gasteiger partial charge in [0.05, 0.1) is 25.8 Å². The highest BCUT2D eigenvalue weighted by Gasteiger charge is 2.47. The fourth-order valence-corrected chi connectivity index (χ4v) is 3.63. The molecule has 0 radical (unpaired) electrons. The lowest BCUT2D eigenvalue weighted by Gasteiger charge is -2.28. The Kier molecular flexibility index (Phi) is 6.60. The molecule has 7 nitrogen and oxygen atoms in total. The number of likely N-dealkylation sites (tertiary alicyclic amines) is 1. The van der Waals surface area contributed by atoms with E-state index in [2.05, 4.69) is 0 Å². The first-order valence-corrected chi connectivity index (χ1v) is 9.70. The summed E-state index contributed by atoms with van der Waals surface area (Å²) in [6, 6.07) is 9.33. The fourth-order valence-electron chi connectivity index (χ4n) is 3.63. The van der Waals surface area contributed by atoms with Crippen molar-refractivity contribution in [2.24, 2.45) is 0 Å². The molecule has 31 heavy (non-hydrogen) atoms. The second kappa shape index (κ2) is 9.18. The average molecular weight is 428 g/mol. The van der Waals surface area contributed by atoms with Crippen molar-refractivity contribution >= 4 is 17.4 Å². The Morgan fingerprint density at radius 3 is 2.35 bits per heavy atom. The average Bonchev–Trinajstić information content (AvgIpc) is 3.01. The molecule has 2 aromatic carbocycles. The predicted molar refractivity (Wildman–Crippen MR) is 114 cm³/mol. The van der Waals surface area contributed by atoms with Crippen LogP contribution in [0.2, 0.25) is 0 Å². The van der Waals surface area contributed by atoms with Crippen molar-refractivity contribution < 1.29 is 28.6 Å². The number of hydrogen-bond donors (Lipinski definition) is 1. The van der Waals surface area contributed by atoms with Gasteiger partial charge in [-0.1, -0.05) is 12.1 Å². The number of aliphatic hydroxyl groups excluding tert-OH is 1. The molecule has 1 unspecified atom stereocenters. The first-order valence-electron chi connectivity index (χ1n) is 9.70. The summed E-state index contributed by atoms with van der Waals surface area (Å²) in [5, 5.41) is 11.0. The standard InChI is InChI=1S/C23H25FN2O5/c1-25(2)12-13-26-19(16-6-5-7-17(30-3)22(16)31-4)18(21(28)23(26)29)20(27)14-8-10-15(24)11-9-14/h5-11,19,27H,12-13H2,1-4H3/b20-18+. The van der Waals surface area contributed by atoms with Gasteiger partial charge in [0.15, 0.2) is 11.5 Å². The van der Waals surface area contributed by atoms with Crippen LogP contribution in [-0.2, 0) is 9.59 Å². The van der Waals surface area contributed by atoms with Crippen LogP contribution in [0.25, 0.3) is 5.76 Å². The number of hydrogen-bond acceptors (Lipinski definition) is 6. The molecule has 1 fully saturated rings. The van der Waals surface area contributed by atoms with Gasteiger partial charge < -0.3 is 24.4 Å². The SMILES string of the molecule is COc1cccc(C2/C(=C(\O)c3ccc(F)cc3)C(=O)C(=O)N2CCN(C)C)c1OC. The first kappa shape index (κ1) is 22.3. The maximum atomic E-state index is 13.4. The molecule has 1 amide bonds. The van der Waals surface area contributed by atoms with Gasteiger partial charge in [-0.05, 0) is 44.4 Å². The number of amides is 1. The van der Waals surface area contributed by atoms with Crippen molar-refractivity contribution in [3.63, 3.8) is 0 Å². The van der Waals surface area contributed by atoms with E-state index in [9.17, 15) is 19.1 Å². The summed E-state index contributed by atoms with van der Waals surface area (Å²) < 4.78 is 24.3. The highest BCUT2D eigenvalue weighted by molar-refractivity contribution is 6.46. The zero-order chi connectivity index (χ0) is 22.7. The minimum atomic E-state index is -0.893. The van der Waals surface area contributed by atoms with Gasteiger partial charge in [0.25, 0.3) is 11.7 Å². The molecule has 1 saturated heterocycles. The van der Waals surface area contributed by atoms with Crippen molar-refractivity contribution in [2.75, 3.05) is 41.4 Å². The number of ether oxygens (including phenoxy) is 2. The summed E-state index contributed by atoms with van der Waals surface area (Å²) in [5.41, 5.74) is 0.657. The first-order chi connectivity index (χ1) is 14.8. The van der Waals surface area contributed by atoms with Gasteiger partial charge in [0, 0.05) is 24.2 Å². The number of aliphatic hydroxyl groups is 1. The normalized spacial score (nSPS) is 18.0. The number of benzene rings is 2. The van der Waals surface area contributed by atoms with Crippen LogP contribution in [0.4, 0.5) is 4.39 Å². The quantitative estimate of drug-likeness (QED) is 0.415. The van der Waals surface area contributed by atoms with Crippen molar-refractivity contribution in [1.29, 1.82) is 0 Å². The Labute approximate surface area is 180 Å². The van der Waals surface area contributed by atoms with Crippen LogP contribution in [0.15, 0.2) is 48.0 Å². The lowest BCUT2D eigenvalue weighted by atomic mass is 9.94. The number of nitrogens with zero attached hydrogens (tertiary/aromatic N) is 2. The molecule has 1 heterocycles. The zero-order valence-electron chi connectivity index (χ0n) is 17.9. The smallest absolute Gasteiger partial charge is 0.295 e. The largest absolute Gasteiger partial charge is 0.507 e. The van der Waals surface area contributed by atoms with Crippen molar-refractivity contribution in [2.45, 2.75) is 6.04 Å². The number of halogens is 1. The van der Waals surface area contributed by atoms with Gasteiger partial charge in [0.2, 0.25) is 0 Å². The maximum Gasteiger partial charge on any atom is 0.295 e. The highest BCUT2D eigenvalue weighted by atomic mass is 19.1. The molecule has 0 spiro atoms. The number of likely N-dealkylation sites (N-methyl/N-ethyl adjacent to an activating group) is 1. The third-order valence-corrected chi connectivity index (χ3v) is 5.17. The second-order valence-electron chi connectivity index (χ2n) is 7.39. The minimum Gasteiger partial charge on any atom is -0.507 e. The lowest BCUT2D eigenvalue weighted by Crippen LogP contribution is -2.35. The molecule has 0 saturated carbocycles. The molecule has 164 valence electrons. The number of rotatable bonds is 7. The molecule has 0 aliphatic carbocycles. The van der Waals surface area contributed by atoms with Gasteiger partial charge in [-0.2, -0.15) is 0 Å². The van der Waals surface area contributed by atoms with Crippen LogP contribution in [0.1, 0.15) is 17.2 Å². The Morgan fingerprint density at radius 1 is 1.10 bits per heavy atom. The van der Waals surface area contributed by atoms with E-state index in [1.54, 1.807) is 18.2 Å². The number of carbonyl (C=O) groups excluding carboxylic acids is 2. The number of ketones is 1. The summed E-state index contributed by atoms with van der Waals surface area (Å²) in [6.07, 6.45) is 0. The van der Waals surface area contributed by atoms with Crippen LogP contribution in [-0.4, -0.2) is 68.0 Å². The predicted octanol–water partition coefficient (Wildman–Crippen LogP) is 2.83. The van der Waals surface area contributed by atoms with Crippen molar-refractivity contribution in [1.82, 2.24) is 9.80 Å². The van der Waals surface area contributed by atoms with Crippen LogP contribution >= 0.6 is 0 Å². The molecular weight excluding hydrogens is 403 g/mol. The van der Waals surface area contributed by atoms with E-state index in [4.69, 9.17) is 9.47 Å². The number of carbonyl (C=O) groups is 2. The molecular formula is C23H25FN2O5. The molecule has 1 aliphatic heterocycles. The lowest BCUT2D eigenvalue weighted by molar-refractivity contribution is -0.140. The van der Waals surface area contributed by atoms with E-state index < -0.39 is 23.5 Å². The van der Waals surface area contributed by atoms with Gasteiger partial charge >= 0.3 is 0 Å². The summed E-state index contributed by atoms with van der Waals surface area (Å²) in [5.74, 6) is -1.60. The van der Waals surface area contributed by atoms with E-state index in [1.165, 1.54) is 43.4 Å². The van der Waals surface area contributed by atoms with Crippen LogP contribution in [0.3, 0.4) is 0 Å². The Balaban J connectivity index is 2.23. The summed E-state index contributed by atoms with van der Waals surface area (Å²) in [4.78, 5) is 29.2. The third-order valence-electron chi connectivity index (χ3n) is 5.17. The maximum absolute atomic E-state index is 13.4. The molecule has 0 aromatic heterocycles. The molecule has 1 atom stereocenters. The van der Waals surface area contributed by atoms with Crippen LogP contribution in [0, 0.1) is 5.82 Å². The topological polar surface area (TPSA) is 79.3 Å². The third kappa shape index (κ3) is 4.25. The summed E-state index contributed by atoms with van der Waals surface area (Å²) >= 11 is 0. The zero-order valence-corrected chi connectivity index (χ0v) is 17.9. The van der Waals surface area contributed by atoms with Crippen molar-refractivity contribution in [3.8, 4) is 11.5 Å². The minimum absolute atomic E-state index is 0.0816. The summed E-state index contributed by atoms with van der Waals surface area (Å²) in [7, 11) is 6.67. The molecule has 0 bridgehead atoms. The Morgan fingerprint density at radius 2 is 1.77 bits per heavy atom. The fraction of sp³-hybridized carbons (Fsp3) is 0.304. The van der Waals surface area contributed by atoms with E-state index in [-0.39, 0.29) is 23.4 Å².